The smallest absolute Gasteiger partial charge is 0.235 e. The molecule has 1 aromatic carbocycles. The third kappa shape index (κ3) is 5.76. The normalized spacial score (nSPS) is 16.2. The lowest BCUT2D eigenvalue weighted by molar-refractivity contribution is -0.113. The minimum absolute atomic E-state index is 0.0871. The Morgan fingerprint density at radius 2 is 2.06 bits per heavy atom. The summed E-state index contributed by atoms with van der Waals surface area (Å²) in [5, 5.41) is 22.5. The summed E-state index contributed by atoms with van der Waals surface area (Å²) in [6.45, 7) is 10.7. The summed E-state index contributed by atoms with van der Waals surface area (Å²) < 4.78 is 7.96. The molecule has 1 amide bonds. The van der Waals surface area contributed by atoms with Crippen molar-refractivity contribution < 1.29 is 9.53 Å². The highest BCUT2D eigenvalue weighted by Gasteiger charge is 2.25. The summed E-state index contributed by atoms with van der Waals surface area (Å²) in [7, 11) is 1.88. The molecule has 1 N–H and O–H groups in total. The molecule has 0 spiro atoms. The Hall–Kier alpha value is -2.83. The molecule has 2 unspecified atom stereocenters. The van der Waals surface area contributed by atoms with E-state index >= 15 is 0 Å². The molecule has 4 rings (SSSR count). The van der Waals surface area contributed by atoms with Gasteiger partial charge < -0.3 is 14.6 Å². The summed E-state index contributed by atoms with van der Waals surface area (Å²) in [5.74, 6) is 2.09. The molecule has 2 heterocycles. The van der Waals surface area contributed by atoms with E-state index in [0.29, 0.717) is 27.5 Å². The molecule has 9 heteroatoms. The number of benzene rings is 1. The average Bonchev–Trinajstić information content (AvgIpc) is 3.36. The Kier molecular flexibility index (Phi) is 7.76. The number of fused-ring (bicyclic) bond motifs is 1. The SMILES string of the molecule is CC1CCc2c(sc(NC(=O)CSc3nnc(C(C)Oc4ccc(C(C)(C)C)cc4)n3C)c2C#N)C1. The van der Waals surface area contributed by atoms with Gasteiger partial charge >= 0.3 is 0 Å². The van der Waals surface area contributed by atoms with E-state index in [9.17, 15) is 10.1 Å². The molecule has 1 aliphatic carbocycles. The number of nitriles is 1. The van der Waals surface area contributed by atoms with E-state index in [-0.39, 0.29) is 23.2 Å². The highest BCUT2D eigenvalue weighted by atomic mass is 32.2. The van der Waals surface area contributed by atoms with Crippen LogP contribution in [-0.4, -0.2) is 26.4 Å². The zero-order valence-corrected chi connectivity index (χ0v) is 23.3. The van der Waals surface area contributed by atoms with Gasteiger partial charge in [-0.05, 0) is 60.8 Å². The van der Waals surface area contributed by atoms with Crippen LogP contribution < -0.4 is 10.1 Å². The molecular weight excluding hydrogens is 490 g/mol. The lowest BCUT2D eigenvalue weighted by atomic mass is 9.87. The molecule has 0 fully saturated rings. The first-order valence-electron chi connectivity index (χ1n) is 12.2. The third-order valence-corrected chi connectivity index (χ3v) is 8.66. The molecule has 0 radical (unpaired) electrons. The van der Waals surface area contributed by atoms with Gasteiger partial charge in [0.1, 0.15) is 16.8 Å². The molecule has 7 nitrogen and oxygen atoms in total. The largest absolute Gasteiger partial charge is 0.483 e. The number of nitrogens with one attached hydrogen (secondary N) is 1. The second-order valence-electron chi connectivity index (χ2n) is 10.4. The van der Waals surface area contributed by atoms with Gasteiger partial charge in [0.25, 0.3) is 0 Å². The number of aromatic nitrogens is 3. The van der Waals surface area contributed by atoms with Gasteiger partial charge in [-0.25, -0.2) is 0 Å². The van der Waals surface area contributed by atoms with Gasteiger partial charge in [0.2, 0.25) is 5.91 Å². The number of thiophene rings is 1. The van der Waals surface area contributed by atoms with E-state index in [2.05, 4.69) is 61.4 Å². The van der Waals surface area contributed by atoms with Crippen LogP contribution >= 0.6 is 23.1 Å². The predicted molar refractivity (Wildman–Crippen MR) is 145 cm³/mol. The minimum atomic E-state index is -0.302. The van der Waals surface area contributed by atoms with E-state index in [1.165, 1.54) is 22.2 Å². The number of hydrogen-bond acceptors (Lipinski definition) is 7. The topological polar surface area (TPSA) is 92.8 Å². The summed E-state index contributed by atoms with van der Waals surface area (Å²) in [5.41, 5.74) is 3.08. The van der Waals surface area contributed by atoms with Crippen LogP contribution in [0.4, 0.5) is 5.00 Å². The third-order valence-electron chi connectivity index (χ3n) is 6.47. The van der Waals surface area contributed by atoms with Gasteiger partial charge in [-0.15, -0.1) is 21.5 Å². The number of hydrogen-bond donors (Lipinski definition) is 1. The van der Waals surface area contributed by atoms with Crippen molar-refractivity contribution in [2.24, 2.45) is 13.0 Å². The molecule has 0 saturated heterocycles. The molecule has 1 aliphatic rings. The van der Waals surface area contributed by atoms with Crippen molar-refractivity contribution in [3.8, 4) is 11.8 Å². The molecule has 0 bridgehead atoms. The zero-order chi connectivity index (χ0) is 26.0. The van der Waals surface area contributed by atoms with Crippen LogP contribution in [0.15, 0.2) is 29.4 Å². The van der Waals surface area contributed by atoms with Crippen molar-refractivity contribution in [1.82, 2.24) is 14.8 Å². The summed E-state index contributed by atoms with van der Waals surface area (Å²) >= 11 is 2.86. The molecule has 3 aromatic rings. The van der Waals surface area contributed by atoms with E-state index in [1.54, 1.807) is 11.3 Å². The van der Waals surface area contributed by atoms with Crippen molar-refractivity contribution >= 4 is 34.0 Å². The first-order valence-corrected chi connectivity index (χ1v) is 14.0. The Bertz CT molecular complexity index is 1280. The molecule has 0 aliphatic heterocycles. The molecule has 2 aromatic heterocycles. The standard InChI is InChI=1S/C27H33N5O2S2/c1-16-7-12-20-21(14-28)25(36-22(20)13-16)29-23(33)15-35-26-31-30-24(32(26)6)17(2)34-19-10-8-18(9-11-19)27(3,4)5/h8-11,16-17H,7,12-13,15H2,1-6H3,(H,29,33). The zero-order valence-electron chi connectivity index (χ0n) is 21.7. The average molecular weight is 524 g/mol. The Morgan fingerprint density at radius 3 is 2.72 bits per heavy atom. The number of nitrogens with zero attached hydrogens (tertiary/aromatic N) is 4. The van der Waals surface area contributed by atoms with Crippen LogP contribution in [0, 0.1) is 17.2 Å². The van der Waals surface area contributed by atoms with Crippen molar-refractivity contribution in [2.45, 2.75) is 70.6 Å². The number of carbonyl (C=O) groups is 1. The fourth-order valence-corrected chi connectivity index (χ4v) is 6.44. The highest BCUT2D eigenvalue weighted by Crippen LogP contribution is 2.39. The van der Waals surface area contributed by atoms with Crippen LogP contribution in [0.25, 0.3) is 0 Å². The van der Waals surface area contributed by atoms with E-state index in [1.807, 2.05) is 30.7 Å². The molecule has 190 valence electrons. The predicted octanol–water partition coefficient (Wildman–Crippen LogP) is 6.04. The number of carbonyl (C=O) groups excluding carboxylic acids is 1. The van der Waals surface area contributed by atoms with E-state index in [0.717, 1.165) is 30.6 Å². The second-order valence-corrected chi connectivity index (χ2v) is 12.5. The van der Waals surface area contributed by atoms with E-state index < -0.39 is 0 Å². The minimum Gasteiger partial charge on any atom is -0.483 e. The maximum atomic E-state index is 12.7. The van der Waals surface area contributed by atoms with Gasteiger partial charge in [-0.3, -0.25) is 4.79 Å². The molecule has 36 heavy (non-hydrogen) atoms. The molecule has 2 atom stereocenters. The van der Waals surface area contributed by atoms with Crippen LogP contribution in [0.1, 0.15) is 74.5 Å². The van der Waals surface area contributed by atoms with Crippen molar-refractivity contribution in [3.05, 3.63) is 51.7 Å². The number of anilines is 1. The van der Waals surface area contributed by atoms with Crippen molar-refractivity contribution in [2.75, 3.05) is 11.1 Å². The highest BCUT2D eigenvalue weighted by molar-refractivity contribution is 7.99. The fourth-order valence-electron chi connectivity index (χ4n) is 4.35. The summed E-state index contributed by atoms with van der Waals surface area (Å²) in [6.07, 6.45) is 2.66. The number of amides is 1. The van der Waals surface area contributed by atoms with Gasteiger partial charge in [0.15, 0.2) is 17.1 Å². The Morgan fingerprint density at radius 1 is 1.33 bits per heavy atom. The Labute approximate surface area is 221 Å². The maximum absolute atomic E-state index is 12.7. The first kappa shape index (κ1) is 26.2. The van der Waals surface area contributed by atoms with Gasteiger partial charge in [0, 0.05) is 11.9 Å². The quantitative estimate of drug-likeness (QED) is 0.380. The monoisotopic (exact) mass is 523 g/mol. The number of rotatable bonds is 7. The van der Waals surface area contributed by atoms with Crippen LogP contribution in [0.2, 0.25) is 0 Å². The van der Waals surface area contributed by atoms with Gasteiger partial charge in [-0.1, -0.05) is 51.6 Å². The lowest BCUT2D eigenvalue weighted by Gasteiger charge is -2.20. The Balaban J connectivity index is 1.36. The van der Waals surface area contributed by atoms with Crippen LogP contribution in [0.5, 0.6) is 5.75 Å². The van der Waals surface area contributed by atoms with Crippen LogP contribution in [-0.2, 0) is 30.1 Å². The summed E-state index contributed by atoms with van der Waals surface area (Å²) in [4.78, 5) is 13.9. The van der Waals surface area contributed by atoms with E-state index in [4.69, 9.17) is 4.74 Å². The fraction of sp³-hybridized carbons (Fsp3) is 0.481. The molecule has 0 saturated carbocycles. The van der Waals surface area contributed by atoms with Gasteiger partial charge in [-0.2, -0.15) is 5.26 Å². The number of thioether (sulfide) groups is 1. The first-order chi connectivity index (χ1) is 17.1. The molecular formula is C27H33N5O2S2. The lowest BCUT2D eigenvalue weighted by Crippen LogP contribution is -2.15. The summed E-state index contributed by atoms with van der Waals surface area (Å²) in [6, 6.07) is 10.4. The second kappa shape index (κ2) is 10.7. The van der Waals surface area contributed by atoms with Gasteiger partial charge in [0.05, 0.1) is 11.3 Å². The maximum Gasteiger partial charge on any atom is 0.235 e. The van der Waals surface area contributed by atoms with Crippen LogP contribution in [0.3, 0.4) is 0 Å². The van der Waals surface area contributed by atoms with Crippen molar-refractivity contribution in [1.29, 1.82) is 5.26 Å². The number of ether oxygens (including phenoxy) is 1. The van der Waals surface area contributed by atoms with Crippen molar-refractivity contribution in [3.63, 3.8) is 0 Å².